The van der Waals surface area contributed by atoms with Crippen LogP contribution in [-0.2, 0) is 48.2 Å². The van der Waals surface area contributed by atoms with Gasteiger partial charge in [-0.1, -0.05) is 139 Å². The first-order valence-corrected chi connectivity index (χ1v) is 14.4. The van der Waals surface area contributed by atoms with Crippen LogP contribution in [0.25, 0.3) is 0 Å². The van der Waals surface area contributed by atoms with Crippen molar-refractivity contribution < 1.29 is 78.9 Å². The van der Waals surface area contributed by atoms with E-state index in [1.165, 1.54) is 41.5 Å². The van der Waals surface area contributed by atoms with Gasteiger partial charge in [0, 0.05) is 16.2 Å². The number of ketones is 6. The Balaban J connectivity index is -0.000000285. The Bertz CT molecular complexity index is 915. The zero-order chi connectivity index (χ0) is 37.3. The SMILES string of the molecule is CC(C)(C)C(=O)CC(=O)C(C)(C)[C-](O)O.CC(C)(C)C(=O)CC(=O)C(C)(C)[C-](O)O.CC(C)(C)C(=O)CC(=O)C(C)(C)[C-](O)O.[Ru+3]. The van der Waals surface area contributed by atoms with Crippen LogP contribution in [0.2, 0.25) is 0 Å². The number of Topliss-reactive ketones (excluding diaryl/α,β-unsaturated/α-hetero) is 6. The third-order valence-electron chi connectivity index (χ3n) is 7.24. The Hall–Kier alpha value is -1.60. The molecule has 0 saturated heterocycles. The second-order valence-corrected chi connectivity index (χ2v) is 15.7. The largest absolute Gasteiger partial charge is 3.00 e. The van der Waals surface area contributed by atoms with Gasteiger partial charge in [0.2, 0.25) is 0 Å². The molecule has 0 spiro atoms. The summed E-state index contributed by atoms with van der Waals surface area (Å²) < 4.78 is 0. The van der Waals surface area contributed by atoms with Gasteiger partial charge in [-0.2, -0.15) is 0 Å². The molecule has 0 heterocycles. The molecule has 0 aromatic rings. The number of aliphatic hydroxyl groups is 6. The summed E-state index contributed by atoms with van der Waals surface area (Å²) >= 11 is 0. The van der Waals surface area contributed by atoms with E-state index in [0.29, 0.717) is 0 Å². The van der Waals surface area contributed by atoms with Crippen LogP contribution in [0.3, 0.4) is 0 Å². The summed E-state index contributed by atoms with van der Waals surface area (Å²) in [6.45, 7) is 23.7. The second-order valence-electron chi connectivity index (χ2n) is 15.7. The Kier molecular flexibility index (Phi) is 21.0. The number of rotatable bonds is 12. The fraction of sp³-hybridized carbons (Fsp3) is 0.727. The van der Waals surface area contributed by atoms with Gasteiger partial charge in [-0.15, -0.1) is 0 Å². The smallest absolute Gasteiger partial charge is 0.535 e. The Morgan fingerprint density at radius 2 is 0.478 bits per heavy atom. The first-order valence-electron chi connectivity index (χ1n) is 14.4. The molecule has 0 atom stereocenters. The Morgan fingerprint density at radius 3 is 0.565 bits per heavy atom. The fourth-order valence-electron chi connectivity index (χ4n) is 2.27. The van der Waals surface area contributed by atoms with Gasteiger partial charge in [-0.3, -0.25) is 14.4 Å². The molecule has 0 aliphatic rings. The van der Waals surface area contributed by atoms with Crippen LogP contribution in [0.4, 0.5) is 0 Å². The van der Waals surface area contributed by atoms with E-state index < -0.39 is 68.7 Å². The van der Waals surface area contributed by atoms with Gasteiger partial charge < -0.3 is 45.0 Å². The van der Waals surface area contributed by atoms with E-state index in [2.05, 4.69) is 0 Å². The van der Waals surface area contributed by atoms with Crippen LogP contribution in [0, 0.1) is 51.4 Å². The molecular formula is C33H57O12Ru. The number of carbonyl (C=O) groups excluding carboxylic acids is 6. The van der Waals surface area contributed by atoms with Gasteiger partial charge in [0.1, 0.15) is 34.7 Å². The van der Waals surface area contributed by atoms with Crippen molar-refractivity contribution >= 4 is 34.7 Å². The van der Waals surface area contributed by atoms with Crippen LogP contribution >= 0.6 is 0 Å². The summed E-state index contributed by atoms with van der Waals surface area (Å²) in [5, 5.41) is 53.4. The average Bonchev–Trinajstić information content (AvgIpc) is 2.82. The van der Waals surface area contributed by atoms with Crippen molar-refractivity contribution in [2.45, 2.75) is 123 Å². The summed E-state index contributed by atoms with van der Waals surface area (Å²) in [5.41, 5.74) is -5.88. The van der Waals surface area contributed by atoms with E-state index in [1.54, 1.807) is 62.3 Å². The van der Waals surface area contributed by atoms with Gasteiger partial charge in [-0.25, -0.2) is 0 Å². The minimum absolute atomic E-state index is 0. The molecular weight excluding hydrogens is 689 g/mol. The van der Waals surface area contributed by atoms with Crippen molar-refractivity contribution in [2.24, 2.45) is 32.5 Å². The molecule has 6 N–H and O–H groups in total. The standard InChI is InChI=1S/3C11H19O4.Ru/c3*1-10(2,3)7(12)6-8(13)11(4,5)9(14)15;/h3*14-15H,6H2,1-5H3;/q3*-1;+3. The topological polar surface area (TPSA) is 224 Å². The summed E-state index contributed by atoms with van der Waals surface area (Å²) in [6, 6.07) is 0. The van der Waals surface area contributed by atoms with E-state index >= 15 is 0 Å². The molecule has 1 radical (unpaired) electrons. The van der Waals surface area contributed by atoms with Crippen LogP contribution in [0.1, 0.15) is 123 Å². The fourth-order valence-corrected chi connectivity index (χ4v) is 2.27. The molecule has 0 aliphatic heterocycles. The first-order chi connectivity index (χ1) is 19.5. The molecule has 0 rings (SSSR count). The molecule has 46 heavy (non-hydrogen) atoms. The van der Waals surface area contributed by atoms with Gasteiger partial charge in [-0.05, 0) is 0 Å². The van der Waals surface area contributed by atoms with Crippen LogP contribution < -0.4 is 0 Å². The Morgan fingerprint density at radius 1 is 0.348 bits per heavy atom. The summed E-state index contributed by atoms with van der Waals surface area (Å²) in [6.07, 6.45) is -3.68. The third-order valence-corrected chi connectivity index (χ3v) is 7.24. The van der Waals surface area contributed by atoms with E-state index in [1.807, 2.05) is 0 Å². The van der Waals surface area contributed by atoms with E-state index in [0.717, 1.165) is 0 Å². The molecule has 0 aliphatic carbocycles. The molecule has 0 fully saturated rings. The van der Waals surface area contributed by atoms with Crippen molar-refractivity contribution in [3.63, 3.8) is 0 Å². The molecule has 13 heteroatoms. The van der Waals surface area contributed by atoms with Gasteiger partial charge in [0.15, 0.2) is 0 Å². The normalized spacial score (nSPS) is 12.8. The van der Waals surface area contributed by atoms with Crippen molar-refractivity contribution in [2.75, 3.05) is 0 Å². The monoisotopic (exact) mass is 747 g/mol. The Labute approximate surface area is 287 Å². The average molecular weight is 747 g/mol. The number of aliphatic hydroxyl groups excluding tert-OH is 3. The second kappa shape index (κ2) is 18.8. The van der Waals surface area contributed by atoms with Gasteiger partial charge in [0.05, 0.1) is 19.3 Å². The van der Waals surface area contributed by atoms with E-state index in [-0.39, 0.29) is 56.1 Å². The molecule has 0 amide bonds. The maximum atomic E-state index is 11.6. The molecule has 0 saturated carbocycles. The minimum Gasteiger partial charge on any atom is -0.535 e. The maximum absolute atomic E-state index is 11.6. The number of hydrogen-bond acceptors (Lipinski definition) is 12. The predicted molar refractivity (Wildman–Crippen MR) is 165 cm³/mol. The van der Waals surface area contributed by atoms with Crippen molar-refractivity contribution in [1.82, 2.24) is 0 Å². The number of hydrogen-bond donors (Lipinski definition) is 6. The van der Waals surface area contributed by atoms with Crippen LogP contribution in [0.15, 0.2) is 0 Å². The molecule has 0 aromatic carbocycles. The van der Waals surface area contributed by atoms with Crippen molar-refractivity contribution in [3.8, 4) is 0 Å². The molecule has 269 valence electrons. The number of carbonyl (C=O) groups is 6. The summed E-state index contributed by atoms with van der Waals surface area (Å²) in [4.78, 5) is 69.5. The van der Waals surface area contributed by atoms with E-state index in [9.17, 15) is 28.8 Å². The molecule has 12 nitrogen and oxygen atoms in total. The maximum Gasteiger partial charge on any atom is 3.00 e. The summed E-state index contributed by atoms with van der Waals surface area (Å²) in [7, 11) is 0. The first kappa shape index (κ1) is 51.2. The predicted octanol–water partition coefficient (Wildman–Crippen LogP) is 5.46. The van der Waals surface area contributed by atoms with Gasteiger partial charge in [0.25, 0.3) is 0 Å². The van der Waals surface area contributed by atoms with Crippen molar-refractivity contribution in [3.05, 3.63) is 18.9 Å². The van der Waals surface area contributed by atoms with Crippen LogP contribution in [0.5, 0.6) is 0 Å². The molecule has 0 unspecified atom stereocenters. The quantitative estimate of drug-likeness (QED) is 0.0832. The zero-order valence-corrected chi connectivity index (χ0v) is 31.8. The minimum atomic E-state index is -1.37. The van der Waals surface area contributed by atoms with Crippen molar-refractivity contribution in [1.29, 1.82) is 0 Å². The molecule has 0 bridgehead atoms. The van der Waals surface area contributed by atoms with Crippen LogP contribution in [-0.4, -0.2) is 65.3 Å². The summed E-state index contributed by atoms with van der Waals surface area (Å²) in [5.74, 6) is -2.07. The van der Waals surface area contributed by atoms with Gasteiger partial charge >= 0.3 is 19.5 Å². The third kappa shape index (κ3) is 17.5. The molecule has 0 aromatic heterocycles. The van der Waals surface area contributed by atoms with E-state index in [4.69, 9.17) is 30.6 Å². The zero-order valence-electron chi connectivity index (χ0n) is 30.1.